The number of hydrogen-bond donors (Lipinski definition) is 1. The minimum absolute atomic E-state index is 0.175. The topological polar surface area (TPSA) is 133 Å². The third-order valence-electron chi connectivity index (χ3n) is 6.53. The zero-order valence-electron chi connectivity index (χ0n) is 22.0. The van der Waals surface area contributed by atoms with Crippen molar-refractivity contribution in [1.82, 2.24) is 19.9 Å². The Labute approximate surface area is 221 Å². The molecule has 0 atom stereocenters. The Hall–Kier alpha value is -4.39. The van der Waals surface area contributed by atoms with Crippen molar-refractivity contribution >= 4 is 12.0 Å². The van der Waals surface area contributed by atoms with Crippen molar-refractivity contribution in [1.29, 1.82) is 5.26 Å². The number of fused-ring (bicyclic) bond motifs is 1. The van der Waals surface area contributed by atoms with Crippen LogP contribution in [0.15, 0.2) is 40.9 Å². The van der Waals surface area contributed by atoms with Crippen molar-refractivity contribution in [2.24, 2.45) is 0 Å². The quantitative estimate of drug-likeness (QED) is 0.509. The number of aromatic nitrogens is 2. The largest absolute Gasteiger partial charge is 0.492 e. The molecule has 3 aromatic rings. The van der Waals surface area contributed by atoms with Crippen molar-refractivity contribution in [3.63, 3.8) is 0 Å². The van der Waals surface area contributed by atoms with E-state index in [4.69, 9.17) is 9.26 Å². The summed E-state index contributed by atoms with van der Waals surface area (Å²) in [6, 6.07) is 13.2. The number of nitrogens with zero attached hydrogens (tertiary/aromatic N) is 5. The first-order chi connectivity index (χ1) is 18.1. The highest BCUT2D eigenvalue weighted by molar-refractivity contribution is 5.82. The van der Waals surface area contributed by atoms with E-state index < -0.39 is 11.6 Å². The van der Waals surface area contributed by atoms with Gasteiger partial charge in [-0.15, -0.1) is 0 Å². The van der Waals surface area contributed by atoms with Gasteiger partial charge >= 0.3 is 6.09 Å². The van der Waals surface area contributed by atoms with Crippen molar-refractivity contribution in [3.05, 3.63) is 53.1 Å². The fourth-order valence-electron chi connectivity index (χ4n) is 4.43. The van der Waals surface area contributed by atoms with Crippen LogP contribution in [0.25, 0.3) is 22.8 Å². The number of nitriles is 1. The molecule has 0 aliphatic carbocycles. The van der Waals surface area contributed by atoms with Gasteiger partial charge in [-0.25, -0.2) is 4.79 Å². The Balaban J connectivity index is 1.49. The molecule has 0 fully saturated rings. The molecule has 198 valence electrons. The minimum atomic E-state index is -1.11. The molecule has 2 aromatic carbocycles. The van der Waals surface area contributed by atoms with E-state index >= 15 is 0 Å². The van der Waals surface area contributed by atoms with Gasteiger partial charge in [0.15, 0.2) is 0 Å². The van der Waals surface area contributed by atoms with Gasteiger partial charge in [-0.2, -0.15) is 10.2 Å². The number of hydrogen-bond acceptors (Lipinski definition) is 7. The second-order valence-corrected chi connectivity index (χ2v) is 10.1. The zero-order chi connectivity index (χ0) is 27.4. The predicted molar refractivity (Wildman–Crippen MR) is 140 cm³/mol. The second-order valence-electron chi connectivity index (χ2n) is 10.1. The van der Waals surface area contributed by atoms with Crippen LogP contribution in [0.3, 0.4) is 0 Å². The fraction of sp³-hybridized carbons (Fsp3) is 0.393. The molecule has 10 heteroatoms. The first-order valence-corrected chi connectivity index (χ1v) is 12.5. The summed E-state index contributed by atoms with van der Waals surface area (Å²) in [7, 11) is 0. The summed E-state index contributed by atoms with van der Waals surface area (Å²) in [6.45, 7) is 8.48. The van der Waals surface area contributed by atoms with Gasteiger partial charge in [0.1, 0.15) is 18.4 Å². The number of benzene rings is 2. The highest BCUT2D eigenvalue weighted by Crippen LogP contribution is 2.29. The van der Waals surface area contributed by atoms with Gasteiger partial charge in [0.2, 0.25) is 11.7 Å². The Morgan fingerprint density at radius 2 is 1.84 bits per heavy atom. The maximum atomic E-state index is 13.0. The minimum Gasteiger partial charge on any atom is -0.492 e. The van der Waals surface area contributed by atoms with E-state index in [0.717, 1.165) is 16.7 Å². The lowest BCUT2D eigenvalue weighted by Gasteiger charge is -2.34. The van der Waals surface area contributed by atoms with E-state index in [1.807, 2.05) is 25.1 Å². The molecule has 1 aliphatic heterocycles. The third kappa shape index (κ3) is 5.78. The Kier molecular flexibility index (Phi) is 7.67. The average Bonchev–Trinajstić information content (AvgIpc) is 3.27. The lowest BCUT2D eigenvalue weighted by atomic mass is 10.00. The van der Waals surface area contributed by atoms with Crippen molar-refractivity contribution in [3.8, 4) is 34.7 Å². The molecular formula is C28H31N5O5. The van der Waals surface area contributed by atoms with Crippen LogP contribution in [0.5, 0.6) is 5.75 Å². The van der Waals surface area contributed by atoms with Crippen LogP contribution < -0.4 is 4.74 Å². The van der Waals surface area contributed by atoms with E-state index in [1.165, 1.54) is 4.90 Å². The summed E-state index contributed by atoms with van der Waals surface area (Å²) >= 11 is 0. The fourth-order valence-corrected chi connectivity index (χ4v) is 4.43. The number of carbonyl (C=O) groups excluding carboxylic acids is 1. The van der Waals surface area contributed by atoms with Gasteiger partial charge in [-0.3, -0.25) is 9.69 Å². The van der Waals surface area contributed by atoms with E-state index in [2.05, 4.69) is 16.2 Å². The first kappa shape index (κ1) is 26.7. The molecule has 0 unspecified atom stereocenters. The molecule has 0 radical (unpaired) electrons. The van der Waals surface area contributed by atoms with Gasteiger partial charge in [0.25, 0.3) is 5.89 Å². The van der Waals surface area contributed by atoms with Gasteiger partial charge in [-0.05, 0) is 75.9 Å². The standard InChI is InChI=1S/C28H31N5O5/c1-5-37-23-9-8-21(15-22(23)16-29)26-30-25(31-38-26)20-7-6-18-10-12-32(13-11-19(18)14-20)24(34)17-33(27(35)36)28(2,3)4/h6-9,14-15H,5,10-13,17H2,1-4H3,(H,35,36). The van der Waals surface area contributed by atoms with E-state index in [0.29, 0.717) is 61.1 Å². The SMILES string of the molecule is CCOc1ccc(-c2nc(-c3ccc4c(c3)CCN(C(=O)CN(C(=O)O)C(C)(C)C)CC4)no2)cc1C#N. The molecule has 0 saturated heterocycles. The molecule has 0 saturated carbocycles. The van der Waals surface area contributed by atoms with E-state index in [-0.39, 0.29) is 12.5 Å². The lowest BCUT2D eigenvalue weighted by Crippen LogP contribution is -2.51. The zero-order valence-corrected chi connectivity index (χ0v) is 22.0. The van der Waals surface area contributed by atoms with Gasteiger partial charge < -0.3 is 19.3 Å². The van der Waals surface area contributed by atoms with Crippen LogP contribution in [-0.2, 0) is 17.6 Å². The summed E-state index contributed by atoms with van der Waals surface area (Å²) in [6.07, 6.45) is 0.194. The van der Waals surface area contributed by atoms with Crippen LogP contribution in [0.1, 0.15) is 44.4 Å². The first-order valence-electron chi connectivity index (χ1n) is 12.5. The summed E-state index contributed by atoms with van der Waals surface area (Å²) in [5.41, 5.74) is 3.35. The molecule has 38 heavy (non-hydrogen) atoms. The Morgan fingerprint density at radius 3 is 2.50 bits per heavy atom. The highest BCUT2D eigenvalue weighted by Gasteiger charge is 2.30. The average molecular weight is 518 g/mol. The van der Waals surface area contributed by atoms with Crippen LogP contribution in [0, 0.1) is 11.3 Å². The van der Waals surface area contributed by atoms with Gasteiger partial charge in [0, 0.05) is 29.8 Å². The number of amides is 2. The van der Waals surface area contributed by atoms with Crippen LogP contribution in [0.4, 0.5) is 4.79 Å². The highest BCUT2D eigenvalue weighted by atomic mass is 16.5. The van der Waals surface area contributed by atoms with Crippen LogP contribution in [-0.4, -0.2) is 68.8 Å². The maximum Gasteiger partial charge on any atom is 0.408 e. The lowest BCUT2D eigenvalue weighted by molar-refractivity contribution is -0.133. The molecule has 1 aromatic heterocycles. The Morgan fingerprint density at radius 1 is 1.13 bits per heavy atom. The number of ether oxygens (including phenoxy) is 1. The molecule has 2 amide bonds. The molecule has 1 aliphatic rings. The molecule has 4 rings (SSSR count). The molecule has 2 heterocycles. The number of rotatable bonds is 6. The van der Waals surface area contributed by atoms with Crippen LogP contribution in [0.2, 0.25) is 0 Å². The van der Waals surface area contributed by atoms with Gasteiger partial charge in [0.05, 0.1) is 12.2 Å². The third-order valence-corrected chi connectivity index (χ3v) is 6.53. The summed E-state index contributed by atoms with van der Waals surface area (Å²) in [5.74, 6) is 1.03. The van der Waals surface area contributed by atoms with Crippen molar-refractivity contribution in [2.45, 2.75) is 46.1 Å². The normalized spacial score (nSPS) is 13.3. The monoisotopic (exact) mass is 517 g/mol. The van der Waals surface area contributed by atoms with Gasteiger partial charge in [-0.1, -0.05) is 17.3 Å². The summed E-state index contributed by atoms with van der Waals surface area (Å²) in [4.78, 5) is 32.1. The summed E-state index contributed by atoms with van der Waals surface area (Å²) < 4.78 is 11.0. The molecule has 0 bridgehead atoms. The molecule has 10 nitrogen and oxygen atoms in total. The Bertz CT molecular complexity index is 1390. The van der Waals surface area contributed by atoms with E-state index in [9.17, 15) is 20.0 Å². The second kappa shape index (κ2) is 10.9. The van der Waals surface area contributed by atoms with E-state index in [1.54, 1.807) is 43.9 Å². The molecular weight excluding hydrogens is 486 g/mol. The van der Waals surface area contributed by atoms with Crippen molar-refractivity contribution < 1.29 is 24.0 Å². The number of carboxylic acid groups (broad SMARTS) is 1. The number of carbonyl (C=O) groups is 2. The maximum absolute atomic E-state index is 13.0. The smallest absolute Gasteiger partial charge is 0.408 e. The summed E-state index contributed by atoms with van der Waals surface area (Å²) in [5, 5.41) is 23.1. The predicted octanol–water partition coefficient (Wildman–Crippen LogP) is 4.38. The molecule has 1 N–H and O–H groups in total. The molecule has 0 spiro atoms. The van der Waals surface area contributed by atoms with Crippen molar-refractivity contribution in [2.75, 3.05) is 26.2 Å². The van der Waals surface area contributed by atoms with Crippen LogP contribution >= 0.6 is 0 Å².